The number of hydrogen-bond acceptors (Lipinski definition) is 3. The van der Waals surface area contributed by atoms with Gasteiger partial charge in [-0.3, -0.25) is 5.09 Å². The average molecular weight is 244 g/mol. The van der Waals surface area contributed by atoms with Gasteiger partial charge >= 0.3 is 7.75 Å². The van der Waals surface area contributed by atoms with Gasteiger partial charge in [0, 0.05) is 6.07 Å². The molecule has 0 amide bonds. The van der Waals surface area contributed by atoms with Gasteiger partial charge in [0.2, 0.25) is 5.95 Å². The fourth-order valence-corrected chi connectivity index (χ4v) is 1.35. The molecule has 3 N–H and O–H groups in total. The summed E-state index contributed by atoms with van der Waals surface area (Å²) in [7, 11) is -4.42. The van der Waals surface area contributed by atoms with Crippen molar-refractivity contribution in [2.75, 3.05) is 5.09 Å². The molecule has 0 aromatic carbocycles. The second kappa shape index (κ2) is 3.77. The molecule has 1 heterocycles. The second-order valence-electron chi connectivity index (χ2n) is 1.99. The molecule has 1 aromatic heterocycles. The first-order valence-corrected chi connectivity index (χ1v) is 5.27. The van der Waals surface area contributed by atoms with Crippen molar-refractivity contribution in [2.24, 2.45) is 0 Å². The predicted octanol–water partition coefficient (Wildman–Crippen LogP) is 1.29. The van der Waals surface area contributed by atoms with Gasteiger partial charge in [-0.15, -0.1) is 0 Å². The van der Waals surface area contributed by atoms with Gasteiger partial charge in [0.05, 0.1) is 0 Å². The molecule has 0 spiro atoms. The van der Waals surface area contributed by atoms with Crippen LogP contribution in [0.4, 0.5) is 5.95 Å². The summed E-state index contributed by atoms with van der Waals surface area (Å²) in [6, 6.07) is 1.24. The van der Waals surface area contributed by atoms with Gasteiger partial charge in [-0.05, 0) is 0 Å². The van der Waals surface area contributed by atoms with Crippen LogP contribution in [-0.2, 0) is 4.57 Å². The Bertz CT molecular complexity index is 347. The van der Waals surface area contributed by atoms with Crippen molar-refractivity contribution in [3.63, 3.8) is 0 Å². The molecule has 0 bridgehead atoms. The number of nitrogens with one attached hydrogen (secondary N) is 1. The van der Waals surface area contributed by atoms with Crippen LogP contribution in [0.5, 0.6) is 0 Å². The molecule has 13 heavy (non-hydrogen) atoms. The van der Waals surface area contributed by atoms with E-state index >= 15 is 0 Å². The summed E-state index contributed by atoms with van der Waals surface area (Å²) >= 11 is 10.9. The van der Waals surface area contributed by atoms with Gasteiger partial charge in [-0.2, -0.15) is 0 Å². The maximum atomic E-state index is 10.4. The lowest BCUT2D eigenvalue weighted by Gasteiger charge is -2.05. The summed E-state index contributed by atoms with van der Waals surface area (Å²) in [5.74, 6) is -0.314. The Balaban J connectivity index is 2.96. The Morgan fingerprint density at radius 3 is 2.15 bits per heavy atom. The minimum atomic E-state index is -4.42. The van der Waals surface area contributed by atoms with Gasteiger partial charge in [0.1, 0.15) is 10.3 Å². The number of rotatable bonds is 2. The molecule has 0 saturated heterocycles. The Hall–Kier alpha value is -0.390. The van der Waals surface area contributed by atoms with Crippen LogP contribution in [0.15, 0.2) is 6.07 Å². The number of anilines is 1. The van der Waals surface area contributed by atoms with Crippen molar-refractivity contribution >= 4 is 36.9 Å². The predicted molar refractivity (Wildman–Crippen MR) is 47.7 cm³/mol. The molecule has 9 heteroatoms. The SMILES string of the molecule is O=P(O)(O)Nc1nc(Cl)cc(Cl)n1. The molecular weight excluding hydrogens is 240 g/mol. The third kappa shape index (κ3) is 3.89. The maximum Gasteiger partial charge on any atom is 0.429 e. The molecule has 1 aromatic rings. The highest BCUT2D eigenvalue weighted by Gasteiger charge is 2.14. The molecule has 0 fully saturated rings. The van der Waals surface area contributed by atoms with E-state index in [1.54, 1.807) is 5.09 Å². The first-order chi connectivity index (χ1) is 5.87. The maximum absolute atomic E-state index is 10.4. The van der Waals surface area contributed by atoms with E-state index in [-0.39, 0.29) is 16.3 Å². The van der Waals surface area contributed by atoms with E-state index < -0.39 is 7.75 Å². The lowest BCUT2D eigenvalue weighted by molar-refractivity contribution is 0.380. The number of nitrogens with zero attached hydrogens (tertiary/aromatic N) is 2. The third-order valence-electron chi connectivity index (χ3n) is 0.909. The highest BCUT2D eigenvalue weighted by molar-refractivity contribution is 7.53. The van der Waals surface area contributed by atoms with Crippen molar-refractivity contribution in [3.05, 3.63) is 16.4 Å². The van der Waals surface area contributed by atoms with Gasteiger partial charge in [0.15, 0.2) is 0 Å². The molecule has 0 saturated carbocycles. The molecule has 0 aliphatic heterocycles. The van der Waals surface area contributed by atoms with Crippen molar-refractivity contribution in [2.45, 2.75) is 0 Å². The largest absolute Gasteiger partial charge is 0.429 e. The van der Waals surface area contributed by atoms with Crippen molar-refractivity contribution in [1.82, 2.24) is 9.97 Å². The van der Waals surface area contributed by atoms with E-state index in [1.165, 1.54) is 6.07 Å². The minimum Gasteiger partial charge on any atom is -0.308 e. The second-order valence-corrected chi connectivity index (χ2v) is 4.08. The van der Waals surface area contributed by atoms with Gasteiger partial charge in [-0.25, -0.2) is 14.5 Å². The Morgan fingerprint density at radius 1 is 1.31 bits per heavy atom. The first kappa shape index (κ1) is 10.7. The van der Waals surface area contributed by atoms with Gasteiger partial charge < -0.3 is 9.79 Å². The minimum absolute atomic E-state index is 0.00375. The number of hydrogen-bond donors (Lipinski definition) is 3. The van der Waals surface area contributed by atoms with E-state index in [0.717, 1.165) is 0 Å². The summed E-state index contributed by atoms with van der Waals surface area (Å²) in [5, 5.41) is 1.73. The zero-order chi connectivity index (χ0) is 10.1. The Kier molecular flexibility index (Phi) is 3.10. The van der Waals surface area contributed by atoms with Crippen LogP contribution in [0.25, 0.3) is 0 Å². The van der Waals surface area contributed by atoms with E-state index in [1.807, 2.05) is 0 Å². The lowest BCUT2D eigenvalue weighted by Crippen LogP contribution is -2.00. The van der Waals surface area contributed by atoms with Crippen LogP contribution in [0.2, 0.25) is 10.3 Å². The Morgan fingerprint density at radius 2 is 1.77 bits per heavy atom. The van der Waals surface area contributed by atoms with Crippen LogP contribution in [0.3, 0.4) is 0 Å². The fourth-order valence-electron chi connectivity index (χ4n) is 0.570. The summed E-state index contributed by atoms with van der Waals surface area (Å²) in [6.45, 7) is 0. The molecule has 0 atom stereocenters. The summed E-state index contributed by atoms with van der Waals surface area (Å²) in [5.41, 5.74) is 0. The van der Waals surface area contributed by atoms with Crippen LogP contribution in [-0.4, -0.2) is 19.8 Å². The van der Waals surface area contributed by atoms with Crippen molar-refractivity contribution in [3.8, 4) is 0 Å². The first-order valence-electron chi connectivity index (χ1n) is 2.91. The highest BCUT2D eigenvalue weighted by atomic mass is 35.5. The quantitative estimate of drug-likeness (QED) is 0.535. The monoisotopic (exact) mass is 243 g/mol. The Labute approximate surface area is 83.1 Å². The third-order valence-corrected chi connectivity index (χ3v) is 1.79. The molecule has 0 aliphatic rings. The zero-order valence-electron chi connectivity index (χ0n) is 5.98. The van der Waals surface area contributed by atoms with E-state index in [9.17, 15) is 4.57 Å². The van der Waals surface area contributed by atoms with Crippen LogP contribution < -0.4 is 5.09 Å². The van der Waals surface area contributed by atoms with Crippen molar-refractivity contribution in [1.29, 1.82) is 0 Å². The molecular formula is C4H4Cl2N3O3P. The van der Waals surface area contributed by atoms with E-state index in [4.69, 9.17) is 33.0 Å². The molecule has 72 valence electrons. The topological polar surface area (TPSA) is 95.3 Å². The molecule has 0 aliphatic carbocycles. The normalized spacial score (nSPS) is 11.4. The smallest absolute Gasteiger partial charge is 0.308 e. The highest BCUT2D eigenvalue weighted by Crippen LogP contribution is 2.34. The van der Waals surface area contributed by atoms with Gasteiger partial charge in [-0.1, -0.05) is 23.2 Å². The molecule has 0 unspecified atom stereocenters. The average Bonchev–Trinajstić information content (AvgIpc) is 1.78. The molecule has 0 radical (unpaired) electrons. The molecule has 6 nitrogen and oxygen atoms in total. The summed E-state index contributed by atoms with van der Waals surface area (Å²) in [6.07, 6.45) is 0. The van der Waals surface area contributed by atoms with Crippen LogP contribution in [0.1, 0.15) is 0 Å². The standard InChI is InChI=1S/C4H4Cl2N3O3P/c5-2-1-3(6)8-4(7-2)9-13(10,11)12/h1H,(H3,7,8,9,10,11,12). The van der Waals surface area contributed by atoms with E-state index in [0.29, 0.717) is 0 Å². The van der Waals surface area contributed by atoms with Gasteiger partial charge in [0.25, 0.3) is 0 Å². The van der Waals surface area contributed by atoms with Crippen molar-refractivity contribution < 1.29 is 14.4 Å². The number of halogens is 2. The van der Waals surface area contributed by atoms with Crippen LogP contribution >= 0.6 is 30.9 Å². The number of aromatic nitrogens is 2. The van der Waals surface area contributed by atoms with E-state index in [2.05, 4.69) is 9.97 Å². The zero-order valence-corrected chi connectivity index (χ0v) is 8.38. The summed E-state index contributed by atoms with van der Waals surface area (Å²) < 4.78 is 10.4. The molecule has 1 rings (SSSR count). The fraction of sp³-hybridized carbons (Fsp3) is 0. The lowest BCUT2D eigenvalue weighted by atomic mass is 10.7. The van der Waals surface area contributed by atoms with Crippen LogP contribution in [0, 0.1) is 0 Å². The summed E-state index contributed by atoms with van der Waals surface area (Å²) in [4.78, 5) is 23.9.